The van der Waals surface area contributed by atoms with E-state index in [1.807, 2.05) is 25.2 Å². The summed E-state index contributed by atoms with van der Waals surface area (Å²) in [5.74, 6) is 0. The summed E-state index contributed by atoms with van der Waals surface area (Å²) in [5, 5.41) is 0. The number of aromatic nitrogens is 1. The van der Waals surface area contributed by atoms with Gasteiger partial charge >= 0.3 is 0 Å². The predicted octanol–water partition coefficient (Wildman–Crippen LogP) is 1.72. The lowest BCUT2D eigenvalue weighted by atomic mass is 10.3. The maximum atomic E-state index is 4.75. The van der Waals surface area contributed by atoms with Crippen LogP contribution in [-0.4, -0.2) is 59.4 Å². The molecule has 1 aromatic rings. The average Bonchev–Trinajstić information content (AvgIpc) is 2.82. The Morgan fingerprint density at radius 2 is 1.90 bits per heavy atom. The molecule has 0 atom stereocenters. The number of hydrogen-bond donors (Lipinski definition) is 0. The highest BCUT2D eigenvalue weighted by molar-refractivity contribution is 5.12. The van der Waals surface area contributed by atoms with E-state index in [-0.39, 0.29) is 0 Å². The molecule has 0 aliphatic carbocycles. The van der Waals surface area contributed by atoms with E-state index < -0.39 is 0 Å². The summed E-state index contributed by atoms with van der Waals surface area (Å²) in [6.07, 6.45) is 8.30. The number of hydrogen-bond acceptors (Lipinski definition) is 5. The monoisotopic (exact) mass is 287 g/mol. The van der Waals surface area contributed by atoms with Gasteiger partial charge in [-0.3, -0.25) is 4.98 Å². The summed E-state index contributed by atoms with van der Waals surface area (Å²) < 4.78 is 0. The van der Waals surface area contributed by atoms with Gasteiger partial charge in [0.05, 0.1) is 31.1 Å². The molecule has 1 aliphatic heterocycles. The molecule has 1 aromatic heterocycles. The first-order valence-corrected chi connectivity index (χ1v) is 7.15. The van der Waals surface area contributed by atoms with Crippen molar-refractivity contribution in [2.24, 2.45) is 0 Å². The number of pyridine rings is 1. The minimum Gasteiger partial charge on any atom is -0.382 e. The molecule has 0 N–H and O–H groups in total. The van der Waals surface area contributed by atoms with Gasteiger partial charge < -0.3 is 19.6 Å². The fourth-order valence-corrected chi connectivity index (χ4v) is 2.16. The molecular weight excluding hydrogens is 262 g/mol. The Hall–Kier alpha value is -2.17. The summed E-state index contributed by atoms with van der Waals surface area (Å²) in [4.78, 5) is 13.3. The van der Waals surface area contributed by atoms with E-state index in [9.17, 15) is 0 Å². The molecule has 0 bridgehead atoms. The summed E-state index contributed by atoms with van der Waals surface area (Å²) in [5.41, 5.74) is 2.20. The van der Waals surface area contributed by atoms with E-state index >= 15 is 0 Å². The predicted molar refractivity (Wildman–Crippen MR) is 85.8 cm³/mol. The fraction of sp³-hybridized carbons (Fsp3) is 0.438. The molecule has 0 saturated carbocycles. The van der Waals surface area contributed by atoms with Gasteiger partial charge in [-0.15, -0.1) is 0 Å². The largest absolute Gasteiger partial charge is 0.382 e. The van der Waals surface area contributed by atoms with Crippen LogP contribution in [0.1, 0.15) is 11.4 Å². The van der Waals surface area contributed by atoms with Crippen LogP contribution >= 0.6 is 0 Å². The van der Waals surface area contributed by atoms with E-state index in [0.29, 0.717) is 0 Å². The van der Waals surface area contributed by atoms with Gasteiger partial charge in [-0.2, -0.15) is 0 Å². The van der Waals surface area contributed by atoms with Gasteiger partial charge in [0, 0.05) is 53.0 Å². The minimum absolute atomic E-state index is 0.813. The maximum Gasteiger partial charge on any atom is 0.0894 e. The second-order valence-electron chi connectivity index (χ2n) is 5.74. The van der Waals surface area contributed by atoms with Crippen molar-refractivity contribution in [2.45, 2.75) is 13.1 Å². The van der Waals surface area contributed by atoms with Crippen molar-refractivity contribution in [3.63, 3.8) is 0 Å². The van der Waals surface area contributed by atoms with Crippen LogP contribution in [0.25, 0.3) is 0 Å². The van der Waals surface area contributed by atoms with Crippen LogP contribution in [0.4, 0.5) is 0 Å². The first-order valence-electron chi connectivity index (χ1n) is 7.15. The smallest absolute Gasteiger partial charge is 0.0894 e. The number of rotatable bonds is 6. The summed E-state index contributed by atoms with van der Waals surface area (Å²) in [6.45, 7) is 2.59. The molecule has 0 amide bonds. The van der Waals surface area contributed by atoms with Crippen LogP contribution in [0.2, 0.25) is 0 Å². The Morgan fingerprint density at radius 1 is 1.14 bits per heavy atom. The van der Waals surface area contributed by atoms with Crippen LogP contribution < -0.4 is 0 Å². The molecule has 114 valence electrons. The van der Waals surface area contributed by atoms with Crippen LogP contribution in [0.15, 0.2) is 43.0 Å². The van der Waals surface area contributed by atoms with Gasteiger partial charge in [-0.25, -0.2) is 0 Å². The van der Waals surface area contributed by atoms with Gasteiger partial charge in [0.2, 0.25) is 0 Å². The maximum absolute atomic E-state index is 4.75. The van der Waals surface area contributed by atoms with E-state index in [2.05, 4.69) is 65.6 Å². The van der Waals surface area contributed by atoms with E-state index in [4.69, 9.17) is 4.98 Å². The molecule has 2 heterocycles. The quantitative estimate of drug-likeness (QED) is 0.794. The lowest BCUT2D eigenvalue weighted by molar-refractivity contribution is 0.288. The molecule has 0 fully saturated rings. The highest BCUT2D eigenvalue weighted by Crippen LogP contribution is 2.10. The minimum atomic E-state index is 0.813. The van der Waals surface area contributed by atoms with Crippen LogP contribution in [-0.2, 0) is 13.1 Å². The Kier molecular flexibility index (Phi) is 5.09. The third-order valence-corrected chi connectivity index (χ3v) is 3.20. The van der Waals surface area contributed by atoms with Gasteiger partial charge in [0.25, 0.3) is 0 Å². The zero-order chi connectivity index (χ0) is 15.2. The van der Waals surface area contributed by atoms with Crippen molar-refractivity contribution < 1.29 is 0 Å². The molecule has 1 aliphatic rings. The molecule has 5 nitrogen and oxygen atoms in total. The zero-order valence-corrected chi connectivity index (χ0v) is 13.4. The van der Waals surface area contributed by atoms with Crippen molar-refractivity contribution in [1.82, 2.24) is 24.6 Å². The second-order valence-corrected chi connectivity index (χ2v) is 5.74. The van der Waals surface area contributed by atoms with Gasteiger partial charge in [0.15, 0.2) is 0 Å². The molecule has 5 heteroatoms. The molecule has 2 rings (SSSR count). The van der Waals surface area contributed by atoms with Crippen molar-refractivity contribution in [3.05, 3.63) is 54.4 Å². The Morgan fingerprint density at radius 3 is 2.57 bits per heavy atom. The average molecular weight is 287 g/mol. The zero-order valence-electron chi connectivity index (χ0n) is 13.4. The van der Waals surface area contributed by atoms with Crippen molar-refractivity contribution in [2.75, 3.05) is 34.9 Å². The second kappa shape index (κ2) is 7.02. The van der Waals surface area contributed by atoms with Crippen molar-refractivity contribution in [3.8, 4) is 0 Å². The van der Waals surface area contributed by atoms with Gasteiger partial charge in [0.1, 0.15) is 0 Å². The summed E-state index contributed by atoms with van der Waals surface area (Å²) >= 11 is 0. The van der Waals surface area contributed by atoms with Gasteiger partial charge in [-0.05, 0) is 12.1 Å². The lowest BCUT2D eigenvalue weighted by Gasteiger charge is -2.19. The molecule has 0 radical (unpaired) electrons. The van der Waals surface area contributed by atoms with Crippen molar-refractivity contribution >= 4 is 0 Å². The molecule has 21 heavy (non-hydrogen) atoms. The normalized spacial score (nSPS) is 14.3. The molecular formula is C16H25N5. The van der Waals surface area contributed by atoms with E-state index in [1.165, 1.54) is 0 Å². The lowest BCUT2D eigenvalue weighted by Crippen LogP contribution is -2.22. The Balaban J connectivity index is 1.93. The SMILES string of the molecule is CN(C)/C=C\N(C)Cc1cccc(CN2C=CN(C)C2)n1. The molecule has 0 saturated heterocycles. The standard InChI is InChI=1S/C16H25N5/c1-18(2)8-9-19(3)12-15-6-5-7-16(17-15)13-21-11-10-20(4)14-21/h5-11H,12-14H2,1-4H3/b9-8-. The van der Waals surface area contributed by atoms with Gasteiger partial charge in [-0.1, -0.05) is 6.07 Å². The highest BCUT2D eigenvalue weighted by Gasteiger charge is 2.09. The topological polar surface area (TPSA) is 25.9 Å². The Bertz CT molecular complexity index is 509. The first kappa shape index (κ1) is 15.2. The molecule has 0 unspecified atom stereocenters. The van der Waals surface area contributed by atoms with Crippen LogP contribution in [0.5, 0.6) is 0 Å². The van der Waals surface area contributed by atoms with Crippen LogP contribution in [0, 0.1) is 0 Å². The highest BCUT2D eigenvalue weighted by atomic mass is 15.3. The summed E-state index contributed by atoms with van der Waals surface area (Å²) in [6, 6.07) is 6.26. The van der Waals surface area contributed by atoms with Crippen molar-refractivity contribution in [1.29, 1.82) is 0 Å². The first-order chi connectivity index (χ1) is 10.0. The Labute approximate surface area is 127 Å². The molecule has 0 aromatic carbocycles. The third kappa shape index (κ3) is 5.02. The fourth-order valence-electron chi connectivity index (χ4n) is 2.16. The summed E-state index contributed by atoms with van der Waals surface area (Å²) in [7, 11) is 8.17. The third-order valence-electron chi connectivity index (χ3n) is 3.20. The molecule has 0 spiro atoms. The number of nitrogens with zero attached hydrogens (tertiary/aromatic N) is 5. The van der Waals surface area contributed by atoms with E-state index in [0.717, 1.165) is 31.1 Å². The van der Waals surface area contributed by atoms with Crippen LogP contribution in [0.3, 0.4) is 0 Å². The van der Waals surface area contributed by atoms with E-state index in [1.54, 1.807) is 0 Å².